The zero-order valence-electron chi connectivity index (χ0n) is 14.8. The molecule has 1 aliphatic rings. The van der Waals surface area contributed by atoms with Crippen molar-refractivity contribution in [3.63, 3.8) is 0 Å². The normalized spacial score (nSPS) is 18.8. The number of aliphatic hydroxyl groups excluding tert-OH is 1. The van der Waals surface area contributed by atoms with Gasteiger partial charge in [0.05, 0.1) is 0 Å². The van der Waals surface area contributed by atoms with E-state index in [1.165, 1.54) is 5.56 Å². The molecule has 0 unspecified atom stereocenters. The lowest BCUT2D eigenvalue weighted by Crippen LogP contribution is -2.56. The van der Waals surface area contributed by atoms with Crippen molar-refractivity contribution in [3.8, 4) is 0 Å². The van der Waals surface area contributed by atoms with Gasteiger partial charge in [-0.3, -0.25) is 4.90 Å². The number of hydrogen-bond acceptors (Lipinski definition) is 4. The second-order valence-corrected chi connectivity index (χ2v) is 7.06. The minimum atomic E-state index is -0.498. The maximum Gasteiger partial charge on any atom is 0.410 e. The second kappa shape index (κ2) is 9.25. The Hall–Kier alpha value is -1.30. The van der Waals surface area contributed by atoms with E-state index in [0.717, 1.165) is 19.6 Å². The summed E-state index contributed by atoms with van der Waals surface area (Å²) in [6.45, 7) is 8.76. The van der Waals surface area contributed by atoms with Gasteiger partial charge in [0.15, 0.2) is 0 Å². The highest BCUT2D eigenvalue weighted by molar-refractivity contribution is 5.85. The lowest BCUT2D eigenvalue weighted by Gasteiger charge is -2.41. The molecule has 2 rings (SSSR count). The average Bonchev–Trinajstić information content (AvgIpc) is 2.47. The van der Waals surface area contributed by atoms with Gasteiger partial charge >= 0.3 is 6.09 Å². The van der Waals surface area contributed by atoms with Crippen molar-refractivity contribution in [3.05, 3.63) is 35.9 Å². The zero-order valence-corrected chi connectivity index (χ0v) is 15.6. The Balaban J connectivity index is 0.00000288. The number of rotatable bonds is 4. The minimum Gasteiger partial charge on any atom is -0.444 e. The second-order valence-electron chi connectivity index (χ2n) is 7.06. The number of aliphatic hydroxyl groups is 1. The van der Waals surface area contributed by atoms with Crippen LogP contribution < -0.4 is 0 Å². The largest absolute Gasteiger partial charge is 0.444 e. The molecular formula is C18H29ClN2O3. The van der Waals surface area contributed by atoms with E-state index < -0.39 is 5.60 Å². The minimum absolute atomic E-state index is 0. The molecule has 0 saturated carbocycles. The van der Waals surface area contributed by atoms with Crippen molar-refractivity contribution in [2.24, 2.45) is 0 Å². The Kier molecular flexibility index (Phi) is 8.00. The van der Waals surface area contributed by atoms with Gasteiger partial charge in [-0.25, -0.2) is 4.79 Å². The van der Waals surface area contributed by atoms with Gasteiger partial charge in [0.25, 0.3) is 0 Å². The maximum absolute atomic E-state index is 12.4. The smallest absolute Gasteiger partial charge is 0.410 e. The third-order valence-electron chi connectivity index (χ3n) is 3.91. The number of amides is 1. The molecule has 1 heterocycles. The summed E-state index contributed by atoms with van der Waals surface area (Å²) in [5.41, 5.74) is 0.767. The number of ether oxygens (including phenoxy) is 1. The Bertz CT molecular complexity index is 505. The average molecular weight is 357 g/mol. The molecule has 0 spiro atoms. The fraction of sp³-hybridized carbons (Fsp3) is 0.611. The molecule has 1 aliphatic heterocycles. The Morgan fingerprint density at radius 1 is 1.25 bits per heavy atom. The van der Waals surface area contributed by atoms with Gasteiger partial charge in [-0.2, -0.15) is 0 Å². The van der Waals surface area contributed by atoms with Crippen LogP contribution in [0.4, 0.5) is 4.79 Å². The zero-order chi connectivity index (χ0) is 16.9. The number of nitrogens with zero attached hydrogens (tertiary/aromatic N) is 2. The summed E-state index contributed by atoms with van der Waals surface area (Å²) in [4.78, 5) is 16.5. The molecule has 24 heavy (non-hydrogen) atoms. The van der Waals surface area contributed by atoms with Gasteiger partial charge in [-0.1, -0.05) is 30.3 Å². The lowest BCUT2D eigenvalue weighted by atomic mass is 10.1. The Labute approximate surface area is 151 Å². The van der Waals surface area contributed by atoms with Crippen LogP contribution >= 0.6 is 12.4 Å². The summed E-state index contributed by atoms with van der Waals surface area (Å²) in [6, 6.07) is 10.3. The fourth-order valence-electron chi connectivity index (χ4n) is 2.86. The first-order chi connectivity index (χ1) is 10.9. The molecular weight excluding hydrogens is 328 g/mol. The van der Waals surface area contributed by atoms with Crippen LogP contribution in [0.2, 0.25) is 0 Å². The quantitative estimate of drug-likeness (QED) is 0.901. The highest BCUT2D eigenvalue weighted by Gasteiger charge is 2.32. The van der Waals surface area contributed by atoms with Gasteiger partial charge in [0, 0.05) is 38.8 Å². The van der Waals surface area contributed by atoms with Crippen LogP contribution in [0, 0.1) is 0 Å². The van der Waals surface area contributed by atoms with Gasteiger partial charge in [0.2, 0.25) is 0 Å². The summed E-state index contributed by atoms with van der Waals surface area (Å²) >= 11 is 0. The van der Waals surface area contributed by atoms with E-state index in [2.05, 4.69) is 17.0 Å². The van der Waals surface area contributed by atoms with Crippen LogP contribution in [0.15, 0.2) is 30.3 Å². The fourth-order valence-corrected chi connectivity index (χ4v) is 2.86. The molecule has 5 nitrogen and oxygen atoms in total. The van der Waals surface area contributed by atoms with Gasteiger partial charge in [0.1, 0.15) is 5.60 Å². The van der Waals surface area contributed by atoms with E-state index in [0.29, 0.717) is 13.0 Å². The predicted octanol–water partition coefficient (Wildman–Crippen LogP) is 2.91. The maximum atomic E-state index is 12.4. The molecule has 6 heteroatoms. The summed E-state index contributed by atoms with van der Waals surface area (Å²) in [6.07, 6.45) is 0.292. The molecule has 0 aliphatic carbocycles. The number of halogens is 1. The molecule has 136 valence electrons. The van der Waals surface area contributed by atoms with Gasteiger partial charge < -0.3 is 14.7 Å². The van der Waals surface area contributed by atoms with Crippen molar-refractivity contribution in [2.75, 3.05) is 26.2 Å². The first-order valence-corrected chi connectivity index (χ1v) is 8.26. The highest BCUT2D eigenvalue weighted by atomic mass is 35.5. The lowest BCUT2D eigenvalue weighted by molar-refractivity contribution is -0.00610. The molecule has 1 atom stereocenters. The van der Waals surface area contributed by atoms with Crippen LogP contribution in [0.25, 0.3) is 0 Å². The monoisotopic (exact) mass is 356 g/mol. The predicted molar refractivity (Wildman–Crippen MR) is 97.4 cm³/mol. The molecule has 1 fully saturated rings. The number of hydrogen-bond donors (Lipinski definition) is 1. The number of carbonyl (C=O) groups excluding carboxylic acids is 1. The van der Waals surface area contributed by atoms with Crippen LogP contribution in [-0.2, 0) is 11.3 Å². The van der Waals surface area contributed by atoms with Crippen molar-refractivity contribution in [1.82, 2.24) is 9.80 Å². The van der Waals surface area contributed by atoms with E-state index in [9.17, 15) is 9.90 Å². The molecule has 0 radical (unpaired) electrons. The highest BCUT2D eigenvalue weighted by Crippen LogP contribution is 2.19. The Morgan fingerprint density at radius 3 is 2.50 bits per heavy atom. The SMILES string of the molecule is CC(C)(C)OC(=O)N1CCN(Cc2ccccc2)C[C@@H]1CCO.Cl. The summed E-state index contributed by atoms with van der Waals surface area (Å²) < 4.78 is 5.49. The van der Waals surface area contributed by atoms with Gasteiger partial charge in [-0.05, 0) is 32.8 Å². The van der Waals surface area contributed by atoms with Crippen LogP contribution in [0.3, 0.4) is 0 Å². The van der Waals surface area contributed by atoms with E-state index in [1.807, 2.05) is 39.0 Å². The van der Waals surface area contributed by atoms with E-state index >= 15 is 0 Å². The first-order valence-electron chi connectivity index (χ1n) is 8.26. The van der Waals surface area contributed by atoms with Crippen molar-refractivity contribution in [2.45, 2.75) is 45.4 Å². The van der Waals surface area contributed by atoms with E-state index in [1.54, 1.807) is 4.90 Å². The molecule has 1 aromatic rings. The molecule has 1 aromatic carbocycles. The van der Waals surface area contributed by atoms with E-state index in [-0.39, 0.29) is 31.1 Å². The third kappa shape index (κ3) is 6.30. The van der Waals surface area contributed by atoms with E-state index in [4.69, 9.17) is 4.74 Å². The van der Waals surface area contributed by atoms with Crippen LogP contribution in [-0.4, -0.2) is 58.9 Å². The Morgan fingerprint density at radius 2 is 1.92 bits per heavy atom. The molecule has 1 amide bonds. The number of benzene rings is 1. The number of carbonyl (C=O) groups is 1. The van der Waals surface area contributed by atoms with Crippen molar-refractivity contribution in [1.29, 1.82) is 0 Å². The summed E-state index contributed by atoms with van der Waals surface area (Å²) in [5, 5.41) is 9.33. The van der Waals surface area contributed by atoms with Crippen molar-refractivity contribution >= 4 is 18.5 Å². The summed E-state index contributed by atoms with van der Waals surface area (Å²) in [7, 11) is 0. The molecule has 0 aromatic heterocycles. The molecule has 0 bridgehead atoms. The van der Waals surface area contributed by atoms with Gasteiger partial charge in [-0.15, -0.1) is 12.4 Å². The van der Waals surface area contributed by atoms with Crippen LogP contribution in [0.1, 0.15) is 32.8 Å². The topological polar surface area (TPSA) is 53.0 Å². The van der Waals surface area contributed by atoms with Crippen LogP contribution in [0.5, 0.6) is 0 Å². The number of piperazine rings is 1. The summed E-state index contributed by atoms with van der Waals surface area (Å²) in [5.74, 6) is 0. The molecule has 1 N–H and O–H groups in total. The van der Waals surface area contributed by atoms with Crippen molar-refractivity contribution < 1.29 is 14.6 Å². The molecule has 1 saturated heterocycles. The third-order valence-corrected chi connectivity index (χ3v) is 3.91. The first kappa shape index (κ1) is 20.7. The standard InChI is InChI=1S/C18H28N2O3.ClH/c1-18(2,3)23-17(22)20-11-10-19(14-16(20)9-12-21)13-15-7-5-4-6-8-15;/h4-8,16,21H,9-14H2,1-3H3;1H/t16-;/m0./s1.